The molecule has 0 aliphatic heterocycles. The molecule has 3 aromatic rings. The van der Waals surface area contributed by atoms with E-state index in [1.165, 1.54) is 18.2 Å². The summed E-state index contributed by atoms with van der Waals surface area (Å²) in [7, 11) is 1.77. The molecule has 0 atom stereocenters. The van der Waals surface area contributed by atoms with Gasteiger partial charge in [0, 0.05) is 18.4 Å². The van der Waals surface area contributed by atoms with Crippen molar-refractivity contribution in [3.63, 3.8) is 0 Å². The Labute approximate surface area is 132 Å². The lowest BCUT2D eigenvalue weighted by Gasteiger charge is -2.06. The number of anilines is 2. The minimum atomic E-state index is -0.490. The van der Waals surface area contributed by atoms with Crippen LogP contribution in [0.5, 0.6) is 0 Å². The van der Waals surface area contributed by atoms with E-state index in [-0.39, 0.29) is 0 Å². The number of rotatable bonds is 2. The number of nitrogens with one attached hydrogen (secondary N) is 2. The summed E-state index contributed by atoms with van der Waals surface area (Å²) in [5, 5.41) is 10.3. The molecule has 6 nitrogen and oxygen atoms in total. The molecule has 0 aliphatic carbocycles. The molecule has 118 valence electrons. The molecule has 0 bridgehead atoms. The van der Waals surface area contributed by atoms with Gasteiger partial charge in [0.25, 0.3) is 0 Å². The van der Waals surface area contributed by atoms with Crippen LogP contribution in [-0.2, 0) is 7.05 Å². The molecule has 1 aromatic carbocycles. The zero-order valence-corrected chi connectivity index (χ0v) is 13.0. The predicted octanol–water partition coefficient (Wildman–Crippen LogP) is 3.37. The van der Waals surface area contributed by atoms with Crippen LogP contribution in [0.3, 0.4) is 0 Å². The summed E-state index contributed by atoms with van der Waals surface area (Å²) in [6, 6.07) is 7.13. The third-order valence-corrected chi connectivity index (χ3v) is 3.43. The van der Waals surface area contributed by atoms with E-state index in [4.69, 9.17) is 0 Å². The minimum absolute atomic E-state index is 0.369. The molecule has 2 aromatic heterocycles. The second-order valence-electron chi connectivity index (χ2n) is 5.34. The summed E-state index contributed by atoms with van der Waals surface area (Å²) in [6.45, 7) is 3.84. The van der Waals surface area contributed by atoms with Crippen molar-refractivity contribution in [3.05, 3.63) is 47.4 Å². The fourth-order valence-electron chi connectivity index (χ4n) is 2.51. The van der Waals surface area contributed by atoms with E-state index in [1.807, 2.05) is 19.9 Å². The fourth-order valence-corrected chi connectivity index (χ4v) is 2.51. The number of carbonyl (C=O) groups excluding carboxylic acids is 1. The Kier molecular flexibility index (Phi) is 3.69. The van der Waals surface area contributed by atoms with E-state index in [0.29, 0.717) is 17.2 Å². The average Bonchev–Trinajstić information content (AvgIpc) is 2.75. The van der Waals surface area contributed by atoms with Crippen LogP contribution in [0, 0.1) is 19.7 Å². The van der Waals surface area contributed by atoms with Gasteiger partial charge in [0.1, 0.15) is 5.82 Å². The second kappa shape index (κ2) is 5.68. The summed E-state index contributed by atoms with van der Waals surface area (Å²) < 4.78 is 14.8. The van der Waals surface area contributed by atoms with Gasteiger partial charge in [-0.05, 0) is 43.7 Å². The van der Waals surface area contributed by atoms with Crippen LogP contribution in [-0.4, -0.2) is 20.8 Å². The first-order valence-corrected chi connectivity index (χ1v) is 7.08. The molecule has 0 radical (unpaired) electrons. The van der Waals surface area contributed by atoms with Gasteiger partial charge in [-0.15, -0.1) is 0 Å². The van der Waals surface area contributed by atoms with Crippen LogP contribution < -0.4 is 10.6 Å². The summed E-state index contributed by atoms with van der Waals surface area (Å²) in [5.41, 5.74) is 2.92. The maximum absolute atomic E-state index is 13.2. The van der Waals surface area contributed by atoms with Crippen LogP contribution in [0.15, 0.2) is 30.3 Å². The lowest BCUT2D eigenvalue weighted by atomic mass is 10.2. The molecule has 0 aliphatic rings. The Morgan fingerprint density at radius 2 is 2.00 bits per heavy atom. The maximum atomic E-state index is 13.2. The number of nitrogens with zero attached hydrogens (tertiary/aromatic N) is 3. The summed E-state index contributed by atoms with van der Waals surface area (Å²) in [5.74, 6) is 0.00279. The fraction of sp³-hybridized carbons (Fsp3) is 0.188. The standard InChI is InChI=1S/C16H16FN5O/c1-9-7-10(2)18-15-13(9)14(21-22(15)3)20-16(23)19-12-6-4-5-11(17)8-12/h4-8H,1-3H3,(H2,19,20,21,23). The number of aryl methyl sites for hydroxylation is 3. The van der Waals surface area contributed by atoms with Crippen molar-refractivity contribution in [1.29, 1.82) is 0 Å². The van der Waals surface area contributed by atoms with Gasteiger partial charge in [-0.1, -0.05) is 6.07 Å². The number of urea groups is 1. The number of aromatic nitrogens is 3. The highest BCUT2D eigenvalue weighted by molar-refractivity contribution is 6.04. The quantitative estimate of drug-likeness (QED) is 0.762. The Balaban J connectivity index is 1.88. The van der Waals surface area contributed by atoms with Crippen molar-refractivity contribution in [3.8, 4) is 0 Å². The zero-order valence-electron chi connectivity index (χ0n) is 13.0. The summed E-state index contributed by atoms with van der Waals surface area (Å²) in [4.78, 5) is 16.5. The highest BCUT2D eigenvalue weighted by Crippen LogP contribution is 2.25. The molecule has 23 heavy (non-hydrogen) atoms. The van der Waals surface area contributed by atoms with Crippen LogP contribution in [0.4, 0.5) is 20.7 Å². The zero-order chi connectivity index (χ0) is 16.6. The van der Waals surface area contributed by atoms with E-state index in [9.17, 15) is 9.18 Å². The predicted molar refractivity (Wildman–Crippen MR) is 87.0 cm³/mol. The van der Waals surface area contributed by atoms with E-state index in [2.05, 4.69) is 20.7 Å². The van der Waals surface area contributed by atoms with Crippen molar-refractivity contribution in [2.75, 3.05) is 10.6 Å². The van der Waals surface area contributed by atoms with E-state index >= 15 is 0 Å². The van der Waals surface area contributed by atoms with Gasteiger partial charge in [0.15, 0.2) is 11.5 Å². The van der Waals surface area contributed by atoms with Crippen molar-refractivity contribution in [2.24, 2.45) is 7.05 Å². The smallest absolute Gasteiger partial charge is 0.308 e. The van der Waals surface area contributed by atoms with Gasteiger partial charge >= 0.3 is 6.03 Å². The van der Waals surface area contributed by atoms with Crippen molar-refractivity contribution < 1.29 is 9.18 Å². The lowest BCUT2D eigenvalue weighted by molar-refractivity contribution is 0.262. The Bertz CT molecular complexity index is 903. The van der Waals surface area contributed by atoms with Gasteiger partial charge in [-0.2, -0.15) is 5.10 Å². The Morgan fingerprint density at radius 3 is 2.74 bits per heavy atom. The first-order chi connectivity index (χ1) is 10.9. The molecule has 0 unspecified atom stereocenters. The molecule has 2 amide bonds. The number of halogens is 1. The molecule has 0 spiro atoms. The first-order valence-electron chi connectivity index (χ1n) is 7.08. The molecule has 3 rings (SSSR count). The van der Waals surface area contributed by atoms with Gasteiger partial charge in [0.05, 0.1) is 5.39 Å². The largest absolute Gasteiger partial charge is 0.324 e. The average molecular weight is 313 g/mol. The molecule has 2 N–H and O–H groups in total. The van der Waals surface area contributed by atoms with Crippen LogP contribution >= 0.6 is 0 Å². The number of hydrogen-bond acceptors (Lipinski definition) is 3. The van der Waals surface area contributed by atoms with Crippen LogP contribution in [0.25, 0.3) is 11.0 Å². The second-order valence-corrected chi connectivity index (χ2v) is 5.34. The monoisotopic (exact) mass is 313 g/mol. The number of carbonyl (C=O) groups is 1. The maximum Gasteiger partial charge on any atom is 0.324 e. The molecular formula is C16H16FN5O. The topological polar surface area (TPSA) is 71.8 Å². The highest BCUT2D eigenvalue weighted by atomic mass is 19.1. The van der Waals surface area contributed by atoms with Gasteiger partial charge < -0.3 is 5.32 Å². The van der Waals surface area contributed by atoms with Crippen molar-refractivity contribution >= 4 is 28.6 Å². The number of hydrogen-bond donors (Lipinski definition) is 2. The highest BCUT2D eigenvalue weighted by Gasteiger charge is 2.15. The third-order valence-electron chi connectivity index (χ3n) is 3.43. The Hall–Kier alpha value is -2.96. The van der Waals surface area contributed by atoms with Gasteiger partial charge in [-0.25, -0.2) is 18.9 Å². The number of pyridine rings is 1. The first kappa shape index (κ1) is 15.0. The molecular weight excluding hydrogens is 297 g/mol. The lowest BCUT2D eigenvalue weighted by Crippen LogP contribution is -2.20. The minimum Gasteiger partial charge on any atom is -0.308 e. The van der Waals surface area contributed by atoms with Crippen LogP contribution in [0.1, 0.15) is 11.3 Å². The van der Waals surface area contributed by atoms with E-state index in [1.54, 1.807) is 17.8 Å². The summed E-state index contributed by atoms with van der Waals surface area (Å²) in [6.07, 6.45) is 0. The molecule has 0 fully saturated rings. The van der Waals surface area contributed by atoms with Gasteiger partial charge in [0.2, 0.25) is 0 Å². The SMILES string of the molecule is Cc1cc(C)c2c(NC(=O)Nc3cccc(F)c3)nn(C)c2n1. The Morgan fingerprint density at radius 1 is 1.22 bits per heavy atom. The van der Waals surface area contributed by atoms with Crippen molar-refractivity contribution in [1.82, 2.24) is 14.8 Å². The normalized spacial score (nSPS) is 10.8. The van der Waals surface area contributed by atoms with E-state index in [0.717, 1.165) is 16.6 Å². The third kappa shape index (κ3) is 2.98. The number of amides is 2. The van der Waals surface area contributed by atoms with Gasteiger partial charge in [-0.3, -0.25) is 5.32 Å². The van der Waals surface area contributed by atoms with E-state index < -0.39 is 11.8 Å². The number of benzene rings is 1. The van der Waals surface area contributed by atoms with Crippen molar-refractivity contribution in [2.45, 2.75) is 13.8 Å². The molecule has 7 heteroatoms. The molecule has 0 saturated carbocycles. The summed E-state index contributed by atoms with van der Waals surface area (Å²) >= 11 is 0. The molecule has 0 saturated heterocycles. The molecule has 2 heterocycles. The number of fused-ring (bicyclic) bond motifs is 1. The van der Waals surface area contributed by atoms with Crippen LogP contribution in [0.2, 0.25) is 0 Å².